The minimum atomic E-state index is 0.463. The van der Waals surface area contributed by atoms with Crippen LogP contribution in [0.3, 0.4) is 0 Å². The number of ether oxygens (including phenoxy) is 1. The molecule has 6 nitrogen and oxygen atoms in total. The highest BCUT2D eigenvalue weighted by Crippen LogP contribution is 2.32. The van der Waals surface area contributed by atoms with Gasteiger partial charge in [0, 0.05) is 37.1 Å². The van der Waals surface area contributed by atoms with Gasteiger partial charge in [0.1, 0.15) is 5.75 Å². The van der Waals surface area contributed by atoms with Crippen molar-refractivity contribution < 1.29 is 4.74 Å². The quantitative estimate of drug-likeness (QED) is 0.587. The minimum absolute atomic E-state index is 0.463. The summed E-state index contributed by atoms with van der Waals surface area (Å²) in [4.78, 5) is 9.33. The molecule has 0 radical (unpaired) electrons. The van der Waals surface area contributed by atoms with Crippen molar-refractivity contribution in [1.29, 1.82) is 0 Å². The summed E-state index contributed by atoms with van der Waals surface area (Å²) in [6.45, 7) is 7.66. The second kappa shape index (κ2) is 8.93. The van der Waals surface area contributed by atoms with E-state index in [1.807, 2.05) is 19.2 Å². The van der Waals surface area contributed by atoms with Gasteiger partial charge in [-0.1, -0.05) is 12.1 Å². The first-order chi connectivity index (χ1) is 14.1. The molecule has 0 N–H and O–H groups in total. The van der Waals surface area contributed by atoms with Crippen LogP contribution in [0.4, 0.5) is 0 Å². The van der Waals surface area contributed by atoms with Crippen molar-refractivity contribution in [2.75, 3.05) is 40.3 Å². The number of hydrogen-bond acceptors (Lipinski definition) is 5. The predicted molar refractivity (Wildman–Crippen MR) is 116 cm³/mol. The zero-order valence-electron chi connectivity index (χ0n) is 17.7. The smallest absolute Gasteiger partial charge is 0.158 e. The summed E-state index contributed by atoms with van der Waals surface area (Å²) in [6, 6.07) is 12.7. The third kappa shape index (κ3) is 4.60. The van der Waals surface area contributed by atoms with Crippen molar-refractivity contribution in [3.05, 3.63) is 53.9 Å². The largest absolute Gasteiger partial charge is 0.494 e. The van der Waals surface area contributed by atoms with E-state index in [9.17, 15) is 0 Å². The summed E-state index contributed by atoms with van der Waals surface area (Å²) >= 11 is 0. The average Bonchev–Trinajstić information content (AvgIpc) is 3.32. The molecule has 1 aromatic carbocycles. The van der Waals surface area contributed by atoms with E-state index in [4.69, 9.17) is 9.84 Å². The van der Waals surface area contributed by atoms with Crippen LogP contribution in [0.1, 0.15) is 30.5 Å². The van der Waals surface area contributed by atoms with Crippen LogP contribution >= 0.6 is 0 Å². The number of pyridine rings is 1. The van der Waals surface area contributed by atoms with Crippen LogP contribution in [-0.4, -0.2) is 64.9 Å². The molecule has 1 atom stereocenters. The van der Waals surface area contributed by atoms with Crippen LogP contribution < -0.4 is 4.74 Å². The van der Waals surface area contributed by atoms with Crippen LogP contribution in [0.15, 0.2) is 42.6 Å². The summed E-state index contributed by atoms with van der Waals surface area (Å²) in [5.41, 5.74) is 3.55. The van der Waals surface area contributed by atoms with Crippen LogP contribution in [-0.2, 0) is 13.1 Å². The second-order valence-corrected chi connectivity index (χ2v) is 8.08. The van der Waals surface area contributed by atoms with Gasteiger partial charge in [0.25, 0.3) is 0 Å². The average molecular weight is 394 g/mol. The van der Waals surface area contributed by atoms with Gasteiger partial charge in [-0.25, -0.2) is 9.67 Å². The molecule has 0 bridgehead atoms. The normalized spacial score (nSPS) is 17.4. The Kier molecular flexibility index (Phi) is 6.11. The summed E-state index contributed by atoms with van der Waals surface area (Å²) in [7, 11) is 4.19. The fourth-order valence-corrected chi connectivity index (χ4v) is 4.10. The van der Waals surface area contributed by atoms with Gasteiger partial charge in [0.2, 0.25) is 0 Å². The van der Waals surface area contributed by atoms with Gasteiger partial charge in [0.15, 0.2) is 5.65 Å². The molecule has 1 aliphatic heterocycles. The molecule has 3 aromatic rings. The van der Waals surface area contributed by atoms with Gasteiger partial charge in [-0.05, 0) is 63.8 Å². The molecule has 1 aliphatic rings. The SMILES string of the molecule is CCOc1ccc(CN2CCC(c3nn(CCN(C)C)c4ncccc34)C2)cc1. The third-order valence-corrected chi connectivity index (χ3v) is 5.59. The number of benzene rings is 1. The number of nitrogens with zero attached hydrogens (tertiary/aromatic N) is 5. The highest BCUT2D eigenvalue weighted by Gasteiger charge is 2.28. The van der Waals surface area contributed by atoms with Crippen molar-refractivity contribution in [3.8, 4) is 5.75 Å². The number of fused-ring (bicyclic) bond motifs is 1. The minimum Gasteiger partial charge on any atom is -0.494 e. The molecule has 0 aliphatic carbocycles. The van der Waals surface area contributed by atoms with Gasteiger partial charge in [0.05, 0.1) is 18.8 Å². The van der Waals surface area contributed by atoms with E-state index in [0.29, 0.717) is 12.5 Å². The van der Waals surface area contributed by atoms with Crippen molar-refractivity contribution in [2.24, 2.45) is 0 Å². The summed E-state index contributed by atoms with van der Waals surface area (Å²) < 4.78 is 7.63. The molecule has 2 aromatic heterocycles. The van der Waals surface area contributed by atoms with E-state index in [0.717, 1.165) is 50.5 Å². The van der Waals surface area contributed by atoms with Crippen molar-refractivity contribution in [3.63, 3.8) is 0 Å². The number of likely N-dealkylation sites (tertiary alicyclic amines) is 1. The first kappa shape index (κ1) is 19.9. The molecular formula is C23H31N5O. The molecule has 3 heterocycles. The molecule has 1 unspecified atom stereocenters. The first-order valence-corrected chi connectivity index (χ1v) is 10.5. The van der Waals surface area contributed by atoms with Crippen LogP contribution in [0.2, 0.25) is 0 Å². The number of hydrogen-bond donors (Lipinski definition) is 0. The summed E-state index contributed by atoms with van der Waals surface area (Å²) in [6.07, 6.45) is 3.01. The third-order valence-electron chi connectivity index (χ3n) is 5.59. The Morgan fingerprint density at radius 1 is 1.17 bits per heavy atom. The van der Waals surface area contributed by atoms with E-state index in [-0.39, 0.29) is 0 Å². The van der Waals surface area contributed by atoms with E-state index >= 15 is 0 Å². The first-order valence-electron chi connectivity index (χ1n) is 10.5. The zero-order valence-corrected chi connectivity index (χ0v) is 17.7. The van der Waals surface area contributed by atoms with Crippen molar-refractivity contribution >= 4 is 11.0 Å². The zero-order chi connectivity index (χ0) is 20.2. The van der Waals surface area contributed by atoms with Gasteiger partial charge >= 0.3 is 0 Å². The van der Waals surface area contributed by atoms with Gasteiger partial charge < -0.3 is 9.64 Å². The highest BCUT2D eigenvalue weighted by atomic mass is 16.5. The van der Waals surface area contributed by atoms with E-state index in [2.05, 4.69) is 63.9 Å². The molecule has 0 saturated carbocycles. The van der Waals surface area contributed by atoms with Crippen LogP contribution in [0, 0.1) is 0 Å². The molecule has 0 spiro atoms. The maximum atomic E-state index is 5.55. The lowest BCUT2D eigenvalue weighted by Crippen LogP contribution is -2.20. The lowest BCUT2D eigenvalue weighted by atomic mass is 10.0. The van der Waals surface area contributed by atoms with Crippen LogP contribution in [0.25, 0.3) is 11.0 Å². The predicted octanol–water partition coefficient (Wildman–Crippen LogP) is 3.38. The monoisotopic (exact) mass is 393 g/mol. The fraction of sp³-hybridized carbons (Fsp3) is 0.478. The molecule has 1 fully saturated rings. The Morgan fingerprint density at radius 2 is 2.00 bits per heavy atom. The number of likely N-dealkylation sites (N-methyl/N-ethyl adjacent to an activating group) is 1. The molecule has 29 heavy (non-hydrogen) atoms. The molecule has 6 heteroatoms. The molecule has 4 rings (SSSR count). The number of aromatic nitrogens is 3. The lowest BCUT2D eigenvalue weighted by Gasteiger charge is -2.16. The topological polar surface area (TPSA) is 46.4 Å². The fourth-order valence-electron chi connectivity index (χ4n) is 4.10. The summed E-state index contributed by atoms with van der Waals surface area (Å²) in [5.74, 6) is 1.41. The molecule has 0 amide bonds. The van der Waals surface area contributed by atoms with Gasteiger partial charge in [-0.2, -0.15) is 5.10 Å². The maximum Gasteiger partial charge on any atom is 0.158 e. The Labute approximate surface area is 173 Å². The second-order valence-electron chi connectivity index (χ2n) is 8.08. The number of rotatable bonds is 8. The highest BCUT2D eigenvalue weighted by molar-refractivity contribution is 5.78. The van der Waals surface area contributed by atoms with Crippen molar-refractivity contribution in [1.82, 2.24) is 24.6 Å². The van der Waals surface area contributed by atoms with Crippen LogP contribution in [0.5, 0.6) is 5.75 Å². The summed E-state index contributed by atoms with van der Waals surface area (Å²) in [5, 5.41) is 6.21. The molecule has 154 valence electrons. The Balaban J connectivity index is 1.46. The van der Waals surface area contributed by atoms with Gasteiger partial charge in [-0.15, -0.1) is 0 Å². The van der Waals surface area contributed by atoms with Gasteiger partial charge in [-0.3, -0.25) is 4.90 Å². The Bertz CT molecular complexity index is 934. The van der Waals surface area contributed by atoms with E-state index < -0.39 is 0 Å². The molecule has 1 saturated heterocycles. The van der Waals surface area contributed by atoms with E-state index in [1.165, 1.54) is 16.6 Å². The van der Waals surface area contributed by atoms with Crippen molar-refractivity contribution in [2.45, 2.75) is 32.4 Å². The van der Waals surface area contributed by atoms with E-state index in [1.54, 1.807) is 0 Å². The molecular weight excluding hydrogens is 362 g/mol. The lowest BCUT2D eigenvalue weighted by molar-refractivity contribution is 0.324. The Morgan fingerprint density at radius 3 is 2.76 bits per heavy atom. The Hall–Kier alpha value is -2.44. The maximum absolute atomic E-state index is 5.55. The standard InChI is InChI=1S/C23H31N5O/c1-4-29-20-9-7-18(8-10-20)16-27-13-11-19(17-27)22-21-6-5-12-24-23(21)28(25-22)15-14-26(2)3/h5-10,12,19H,4,11,13-17H2,1-3H3.